The van der Waals surface area contributed by atoms with Gasteiger partial charge in [0.05, 0.1) is 6.04 Å². The van der Waals surface area contributed by atoms with Crippen LogP contribution in [0.5, 0.6) is 0 Å². The summed E-state index contributed by atoms with van der Waals surface area (Å²) < 4.78 is 19.2. The molecule has 1 heterocycles. The molecule has 2 rings (SSSR count). The minimum atomic E-state index is -0.528. The molecule has 0 radical (unpaired) electrons. The monoisotopic (exact) mass is 265 g/mol. The van der Waals surface area contributed by atoms with Crippen molar-refractivity contribution >= 4 is 6.09 Å². The number of hydrogen-bond donors (Lipinski definition) is 0. The average Bonchev–Trinajstić information content (AvgIpc) is 2.76. The zero-order chi connectivity index (χ0) is 14.0. The first-order valence-electron chi connectivity index (χ1n) is 6.62. The molecule has 1 aromatic rings. The Hall–Kier alpha value is -1.58. The van der Waals surface area contributed by atoms with Gasteiger partial charge in [-0.3, -0.25) is 0 Å². The van der Waals surface area contributed by atoms with E-state index in [0.717, 1.165) is 12.8 Å². The summed E-state index contributed by atoms with van der Waals surface area (Å²) in [5, 5.41) is 0. The number of carbonyl (C=O) groups excluding carboxylic acids is 1. The molecule has 1 amide bonds. The zero-order valence-corrected chi connectivity index (χ0v) is 11.6. The van der Waals surface area contributed by atoms with Crippen molar-refractivity contribution in [2.45, 2.75) is 45.3 Å². The molecule has 1 fully saturated rings. The van der Waals surface area contributed by atoms with Gasteiger partial charge in [0.25, 0.3) is 0 Å². The number of halogens is 1. The molecule has 1 aromatic carbocycles. The number of nitrogens with zero attached hydrogens (tertiary/aromatic N) is 1. The van der Waals surface area contributed by atoms with Gasteiger partial charge < -0.3 is 9.64 Å². The largest absolute Gasteiger partial charge is 0.444 e. The lowest BCUT2D eigenvalue weighted by Gasteiger charge is -2.29. The van der Waals surface area contributed by atoms with Gasteiger partial charge in [0, 0.05) is 12.1 Å². The maximum Gasteiger partial charge on any atom is 0.410 e. The number of ether oxygens (including phenoxy) is 1. The minimum Gasteiger partial charge on any atom is -0.444 e. The van der Waals surface area contributed by atoms with Crippen LogP contribution >= 0.6 is 0 Å². The fourth-order valence-electron chi connectivity index (χ4n) is 2.37. The molecule has 1 saturated heterocycles. The molecule has 104 valence electrons. The lowest BCUT2D eigenvalue weighted by atomic mass is 10.0. The molecular formula is C15H20FNO2. The summed E-state index contributed by atoms with van der Waals surface area (Å²) in [5.41, 5.74) is 0.0466. The minimum absolute atomic E-state index is 0.212. The normalized spacial score (nSPS) is 19.6. The highest BCUT2D eigenvalue weighted by molar-refractivity contribution is 5.69. The Bertz CT molecular complexity index is 467. The third kappa shape index (κ3) is 3.25. The Balaban J connectivity index is 2.18. The second-order valence-electron chi connectivity index (χ2n) is 5.85. The van der Waals surface area contributed by atoms with Crippen molar-refractivity contribution in [3.8, 4) is 0 Å². The van der Waals surface area contributed by atoms with Gasteiger partial charge in [0.2, 0.25) is 0 Å². The highest BCUT2D eigenvalue weighted by Crippen LogP contribution is 2.34. The van der Waals surface area contributed by atoms with Crippen LogP contribution in [0.2, 0.25) is 0 Å². The van der Waals surface area contributed by atoms with Crippen LogP contribution in [0.15, 0.2) is 24.3 Å². The van der Waals surface area contributed by atoms with E-state index in [4.69, 9.17) is 4.74 Å². The first kappa shape index (κ1) is 13.8. The Morgan fingerprint density at radius 3 is 2.68 bits per heavy atom. The van der Waals surface area contributed by atoms with Crippen molar-refractivity contribution < 1.29 is 13.9 Å². The smallest absolute Gasteiger partial charge is 0.410 e. The van der Waals surface area contributed by atoms with E-state index in [9.17, 15) is 9.18 Å². The van der Waals surface area contributed by atoms with Crippen LogP contribution in [-0.2, 0) is 4.74 Å². The Labute approximate surface area is 113 Å². The molecule has 1 atom stereocenters. The third-order valence-corrected chi connectivity index (χ3v) is 3.15. The lowest BCUT2D eigenvalue weighted by Crippen LogP contribution is -2.36. The van der Waals surface area contributed by atoms with Gasteiger partial charge >= 0.3 is 6.09 Å². The number of carbonyl (C=O) groups is 1. The molecule has 0 saturated carbocycles. The second-order valence-corrected chi connectivity index (χ2v) is 5.85. The SMILES string of the molecule is CC(C)(C)OC(=O)N1CCCC1c1ccccc1F. The van der Waals surface area contributed by atoms with Crippen molar-refractivity contribution in [3.63, 3.8) is 0 Å². The van der Waals surface area contributed by atoms with E-state index in [2.05, 4.69) is 0 Å². The molecule has 19 heavy (non-hydrogen) atoms. The zero-order valence-electron chi connectivity index (χ0n) is 11.6. The molecule has 0 aromatic heterocycles. The highest BCUT2D eigenvalue weighted by Gasteiger charge is 2.34. The van der Waals surface area contributed by atoms with Gasteiger partial charge in [-0.25, -0.2) is 9.18 Å². The van der Waals surface area contributed by atoms with E-state index in [-0.39, 0.29) is 18.0 Å². The fourth-order valence-corrected chi connectivity index (χ4v) is 2.37. The van der Waals surface area contributed by atoms with Crippen LogP contribution in [-0.4, -0.2) is 23.1 Å². The van der Waals surface area contributed by atoms with E-state index < -0.39 is 5.60 Å². The number of amides is 1. The van der Waals surface area contributed by atoms with Crippen LogP contribution in [0.3, 0.4) is 0 Å². The van der Waals surface area contributed by atoms with E-state index in [1.54, 1.807) is 23.1 Å². The van der Waals surface area contributed by atoms with Gasteiger partial charge in [-0.15, -0.1) is 0 Å². The molecule has 0 aliphatic carbocycles. The van der Waals surface area contributed by atoms with Crippen molar-refractivity contribution in [2.24, 2.45) is 0 Å². The van der Waals surface area contributed by atoms with Crippen molar-refractivity contribution in [1.82, 2.24) is 4.90 Å². The van der Waals surface area contributed by atoms with Crippen LogP contribution in [0.4, 0.5) is 9.18 Å². The summed E-state index contributed by atoms with van der Waals surface area (Å²) in [7, 11) is 0. The van der Waals surface area contributed by atoms with Gasteiger partial charge in [0.15, 0.2) is 0 Å². The molecule has 0 bridgehead atoms. The highest BCUT2D eigenvalue weighted by atomic mass is 19.1. The average molecular weight is 265 g/mol. The number of benzene rings is 1. The lowest BCUT2D eigenvalue weighted by molar-refractivity contribution is 0.0222. The molecule has 1 aliphatic rings. The van der Waals surface area contributed by atoms with Crippen molar-refractivity contribution in [3.05, 3.63) is 35.6 Å². The number of likely N-dealkylation sites (tertiary alicyclic amines) is 1. The Morgan fingerprint density at radius 2 is 2.05 bits per heavy atom. The molecule has 1 aliphatic heterocycles. The van der Waals surface area contributed by atoms with Crippen molar-refractivity contribution in [2.75, 3.05) is 6.54 Å². The second kappa shape index (κ2) is 5.19. The van der Waals surface area contributed by atoms with E-state index in [1.165, 1.54) is 6.07 Å². The molecule has 0 spiro atoms. The Morgan fingerprint density at radius 1 is 1.37 bits per heavy atom. The van der Waals surface area contributed by atoms with Crippen LogP contribution in [0.1, 0.15) is 45.2 Å². The van der Waals surface area contributed by atoms with Gasteiger partial charge in [-0.2, -0.15) is 0 Å². The van der Waals surface area contributed by atoms with Crippen LogP contribution in [0.25, 0.3) is 0 Å². The van der Waals surface area contributed by atoms with E-state index in [1.807, 2.05) is 20.8 Å². The summed E-state index contributed by atoms with van der Waals surface area (Å²) in [6.45, 7) is 6.12. The first-order valence-corrected chi connectivity index (χ1v) is 6.62. The number of hydrogen-bond acceptors (Lipinski definition) is 2. The topological polar surface area (TPSA) is 29.5 Å². The fraction of sp³-hybridized carbons (Fsp3) is 0.533. The predicted molar refractivity (Wildman–Crippen MR) is 71.3 cm³/mol. The number of rotatable bonds is 1. The molecular weight excluding hydrogens is 245 g/mol. The Kier molecular flexibility index (Phi) is 3.78. The van der Waals surface area contributed by atoms with E-state index in [0.29, 0.717) is 12.1 Å². The summed E-state index contributed by atoms with van der Waals surface area (Å²) in [6.07, 6.45) is 1.29. The summed E-state index contributed by atoms with van der Waals surface area (Å²) in [4.78, 5) is 13.8. The quantitative estimate of drug-likeness (QED) is 0.770. The maximum absolute atomic E-state index is 13.8. The molecule has 4 heteroatoms. The first-order chi connectivity index (χ1) is 8.88. The maximum atomic E-state index is 13.8. The van der Waals surface area contributed by atoms with Gasteiger partial charge in [-0.1, -0.05) is 18.2 Å². The van der Waals surface area contributed by atoms with Gasteiger partial charge in [-0.05, 0) is 39.7 Å². The van der Waals surface area contributed by atoms with Crippen LogP contribution in [0, 0.1) is 5.82 Å². The third-order valence-electron chi connectivity index (χ3n) is 3.15. The standard InChI is InChI=1S/C15H20FNO2/c1-15(2,3)19-14(18)17-10-6-9-13(17)11-7-4-5-8-12(11)16/h4-5,7-8,13H,6,9-10H2,1-3H3. The van der Waals surface area contributed by atoms with Crippen LogP contribution < -0.4 is 0 Å². The molecule has 3 nitrogen and oxygen atoms in total. The van der Waals surface area contributed by atoms with Gasteiger partial charge in [0.1, 0.15) is 11.4 Å². The van der Waals surface area contributed by atoms with Crippen molar-refractivity contribution in [1.29, 1.82) is 0 Å². The summed E-state index contributed by atoms with van der Waals surface area (Å²) in [5.74, 6) is -0.261. The predicted octanol–water partition coefficient (Wildman–Crippen LogP) is 3.90. The summed E-state index contributed by atoms with van der Waals surface area (Å²) >= 11 is 0. The molecule has 1 unspecified atom stereocenters. The van der Waals surface area contributed by atoms with E-state index >= 15 is 0 Å². The molecule has 0 N–H and O–H groups in total. The summed E-state index contributed by atoms with van der Waals surface area (Å²) in [6, 6.07) is 6.41.